The van der Waals surface area contributed by atoms with Crippen LogP contribution in [0.4, 0.5) is 5.69 Å². The SMILES string of the molecule is CCCC[C@H](NC(=O)[C@H](CC(C)C)NC(=O)[C@@H](NC(=O)[C@H](Cc1ccccc1C)NC(=O)[C@H](CCC(=O)O)NC(=O)CN(C(=O)CCC(=O)O)c1ccccc1)C(C)(C)C)C(=O)C(N)=O. The van der Waals surface area contributed by atoms with E-state index in [0.717, 1.165) is 10.5 Å². The zero-order valence-corrected chi connectivity index (χ0v) is 38.2. The van der Waals surface area contributed by atoms with Gasteiger partial charge in [-0.15, -0.1) is 0 Å². The number of benzene rings is 2. The van der Waals surface area contributed by atoms with E-state index in [2.05, 4.69) is 26.6 Å². The van der Waals surface area contributed by atoms with Gasteiger partial charge in [-0.05, 0) is 60.8 Å². The first kappa shape index (κ1) is 54.5. The lowest BCUT2D eigenvalue weighted by molar-refractivity contribution is -0.139. The Labute approximate surface area is 379 Å². The van der Waals surface area contributed by atoms with Gasteiger partial charge in [0.2, 0.25) is 41.2 Å². The fraction of sp³-hybridized carbons (Fsp3) is 0.522. The number of para-hydroxylation sites is 1. The van der Waals surface area contributed by atoms with E-state index in [9.17, 15) is 53.1 Å². The number of amides is 7. The van der Waals surface area contributed by atoms with Crippen molar-refractivity contribution in [3.05, 3.63) is 65.7 Å². The molecule has 356 valence electrons. The summed E-state index contributed by atoms with van der Waals surface area (Å²) < 4.78 is 0. The van der Waals surface area contributed by atoms with Crippen LogP contribution in [0.5, 0.6) is 0 Å². The van der Waals surface area contributed by atoms with E-state index in [1.807, 2.05) is 20.8 Å². The highest BCUT2D eigenvalue weighted by Gasteiger charge is 2.38. The van der Waals surface area contributed by atoms with Gasteiger partial charge in [-0.25, -0.2) is 0 Å². The summed E-state index contributed by atoms with van der Waals surface area (Å²) in [6.07, 6.45) is -0.663. The van der Waals surface area contributed by atoms with Crippen LogP contribution in [0.3, 0.4) is 0 Å². The second-order valence-corrected chi connectivity index (χ2v) is 17.4. The minimum absolute atomic E-state index is 0.114. The second-order valence-electron chi connectivity index (χ2n) is 17.4. The standard InChI is InChI=1S/C46H65N7O12/c1-8-9-19-31(39(60)41(47)61)49-43(63)33(24-27(2)3)51-45(65)40(46(5,6)7)52-44(64)34(25-29-16-14-13-15-28(29)4)50-42(62)32(20-22-37(56)57)48-35(54)26-53(30-17-11-10-12-18-30)36(55)21-23-38(58)59/h10-18,27,31-34,40H,8-9,19-26H2,1-7H3,(H2,47,61)(H,48,54)(H,49,63)(H,50,62)(H,51,65)(H,52,64)(H,56,57)(H,58,59)/t31-,32-,33-,34-,40+/m0/s1. The van der Waals surface area contributed by atoms with Crippen LogP contribution < -0.4 is 37.2 Å². The van der Waals surface area contributed by atoms with Gasteiger partial charge in [-0.1, -0.05) is 96.8 Å². The molecule has 19 nitrogen and oxygen atoms in total. The first-order valence-corrected chi connectivity index (χ1v) is 21.6. The van der Waals surface area contributed by atoms with E-state index in [0.29, 0.717) is 18.4 Å². The number of primary amides is 1. The summed E-state index contributed by atoms with van der Waals surface area (Å²) in [6, 6.07) is 8.21. The van der Waals surface area contributed by atoms with Gasteiger partial charge in [0.25, 0.3) is 5.91 Å². The maximum Gasteiger partial charge on any atom is 0.303 e. The smallest absolute Gasteiger partial charge is 0.303 e. The van der Waals surface area contributed by atoms with Crippen LogP contribution >= 0.6 is 0 Å². The number of Topliss-reactive ketones (excluding diaryl/α,β-unsaturated/α-hetero) is 1. The number of nitrogens with two attached hydrogens (primary N) is 1. The van der Waals surface area contributed by atoms with Gasteiger partial charge < -0.3 is 47.4 Å². The van der Waals surface area contributed by atoms with E-state index in [-0.39, 0.29) is 30.9 Å². The van der Waals surface area contributed by atoms with Crippen LogP contribution in [0, 0.1) is 18.3 Å². The summed E-state index contributed by atoms with van der Waals surface area (Å²) in [5, 5.41) is 31.8. The van der Waals surface area contributed by atoms with Gasteiger partial charge in [0.15, 0.2) is 0 Å². The number of rotatable bonds is 27. The molecule has 9 N–H and O–H groups in total. The van der Waals surface area contributed by atoms with Crippen LogP contribution in [-0.4, -0.2) is 106 Å². The number of aryl methyl sites for hydroxylation is 1. The molecule has 5 atom stereocenters. The maximum absolute atomic E-state index is 14.4. The molecule has 19 heteroatoms. The van der Waals surface area contributed by atoms with E-state index in [1.165, 1.54) is 12.1 Å². The number of nitrogens with one attached hydrogen (secondary N) is 5. The molecule has 0 radical (unpaired) electrons. The Morgan fingerprint density at radius 3 is 1.77 bits per heavy atom. The molecule has 2 rings (SSSR count). The van der Waals surface area contributed by atoms with E-state index < -0.39 is 127 Å². The molecule has 0 bridgehead atoms. The molecule has 7 amide bonds. The fourth-order valence-electron chi connectivity index (χ4n) is 6.74. The average molecular weight is 908 g/mol. The summed E-state index contributed by atoms with van der Waals surface area (Å²) in [5.41, 5.74) is 5.89. The monoisotopic (exact) mass is 907 g/mol. The number of nitrogens with zero attached hydrogens (tertiary/aromatic N) is 1. The number of carboxylic acid groups (broad SMARTS) is 2. The molecular formula is C46H65N7O12. The summed E-state index contributed by atoms with van der Waals surface area (Å²) >= 11 is 0. The van der Waals surface area contributed by atoms with Crippen molar-refractivity contribution < 1.29 is 58.2 Å². The Kier molecular flexibility index (Phi) is 22.0. The molecule has 0 spiro atoms. The van der Waals surface area contributed by atoms with Gasteiger partial charge in [0.05, 0.1) is 12.5 Å². The Balaban J connectivity index is 2.49. The molecule has 0 aromatic heterocycles. The van der Waals surface area contributed by atoms with Crippen molar-refractivity contribution in [3.8, 4) is 0 Å². The topological polar surface area (TPSA) is 301 Å². The molecule has 0 saturated heterocycles. The number of anilines is 1. The summed E-state index contributed by atoms with van der Waals surface area (Å²) in [7, 11) is 0. The molecule has 2 aromatic carbocycles. The molecule has 0 saturated carbocycles. The highest BCUT2D eigenvalue weighted by atomic mass is 16.4. The zero-order valence-electron chi connectivity index (χ0n) is 38.2. The number of hydrogen-bond acceptors (Lipinski definition) is 10. The highest BCUT2D eigenvalue weighted by molar-refractivity contribution is 6.37. The molecule has 0 fully saturated rings. The van der Waals surface area contributed by atoms with Crippen molar-refractivity contribution >= 4 is 64.8 Å². The van der Waals surface area contributed by atoms with Gasteiger partial charge in [0, 0.05) is 24.9 Å². The van der Waals surface area contributed by atoms with E-state index in [1.54, 1.807) is 70.2 Å². The number of unbranched alkanes of at least 4 members (excludes halogenated alkanes) is 1. The first-order valence-electron chi connectivity index (χ1n) is 21.6. The fourth-order valence-corrected chi connectivity index (χ4v) is 6.74. The zero-order chi connectivity index (χ0) is 49.0. The minimum atomic E-state index is -1.54. The highest BCUT2D eigenvalue weighted by Crippen LogP contribution is 2.22. The van der Waals surface area contributed by atoms with E-state index >= 15 is 0 Å². The molecule has 0 aliphatic heterocycles. The number of hydrogen-bond donors (Lipinski definition) is 8. The molecular weight excluding hydrogens is 843 g/mol. The summed E-state index contributed by atoms with van der Waals surface area (Å²) in [4.78, 5) is 131. The Hall–Kier alpha value is -6.66. The third kappa shape index (κ3) is 18.9. The molecule has 0 heterocycles. The lowest BCUT2D eigenvalue weighted by atomic mass is 9.85. The Morgan fingerprint density at radius 2 is 1.22 bits per heavy atom. The number of carbonyl (C=O) groups is 10. The average Bonchev–Trinajstić information content (AvgIpc) is 3.23. The van der Waals surface area contributed by atoms with Gasteiger partial charge in [-0.3, -0.25) is 47.9 Å². The molecule has 2 aromatic rings. The van der Waals surface area contributed by atoms with Crippen molar-refractivity contribution in [3.63, 3.8) is 0 Å². The summed E-state index contributed by atoms with van der Waals surface area (Å²) in [5.74, 6) is -9.75. The Bertz CT molecular complexity index is 2020. The van der Waals surface area contributed by atoms with Crippen molar-refractivity contribution in [2.45, 2.75) is 136 Å². The molecule has 0 aliphatic carbocycles. The predicted octanol–water partition coefficient (Wildman–Crippen LogP) is 2.06. The molecule has 0 unspecified atom stereocenters. The lowest BCUT2D eigenvalue weighted by Crippen LogP contribution is -2.62. The van der Waals surface area contributed by atoms with Crippen molar-refractivity contribution in [1.29, 1.82) is 0 Å². The van der Waals surface area contributed by atoms with Gasteiger partial charge in [-0.2, -0.15) is 0 Å². The van der Waals surface area contributed by atoms with Gasteiger partial charge in [0.1, 0.15) is 30.7 Å². The first-order chi connectivity index (χ1) is 30.4. The second kappa shape index (κ2) is 26.2. The van der Waals surface area contributed by atoms with Gasteiger partial charge >= 0.3 is 11.9 Å². The lowest BCUT2D eigenvalue weighted by Gasteiger charge is -2.34. The quantitative estimate of drug-likeness (QED) is 0.0598. The van der Waals surface area contributed by atoms with Crippen LogP contribution in [0.25, 0.3) is 0 Å². The van der Waals surface area contributed by atoms with Crippen LogP contribution in [0.15, 0.2) is 54.6 Å². The number of carbonyl (C=O) groups excluding carboxylic acids is 8. The third-order valence-electron chi connectivity index (χ3n) is 10.3. The van der Waals surface area contributed by atoms with E-state index in [4.69, 9.17) is 10.8 Å². The minimum Gasteiger partial charge on any atom is -0.481 e. The number of aliphatic carboxylic acids is 2. The molecule has 0 aliphatic rings. The van der Waals surface area contributed by atoms with Crippen LogP contribution in [0.1, 0.15) is 104 Å². The van der Waals surface area contributed by atoms with Crippen molar-refractivity contribution in [2.75, 3.05) is 11.4 Å². The van der Waals surface area contributed by atoms with Crippen molar-refractivity contribution in [1.82, 2.24) is 26.6 Å². The largest absolute Gasteiger partial charge is 0.481 e. The maximum atomic E-state index is 14.4. The van der Waals surface area contributed by atoms with Crippen molar-refractivity contribution in [2.24, 2.45) is 17.1 Å². The summed E-state index contributed by atoms with van der Waals surface area (Å²) in [6.45, 7) is 11.6. The molecule has 65 heavy (non-hydrogen) atoms. The Morgan fingerprint density at radius 1 is 0.662 bits per heavy atom. The third-order valence-corrected chi connectivity index (χ3v) is 10.3. The number of carboxylic acids is 2. The van der Waals surface area contributed by atoms with Crippen LogP contribution in [-0.2, 0) is 54.4 Å². The number of ketones is 1. The normalized spacial score (nSPS) is 13.5. The predicted molar refractivity (Wildman–Crippen MR) is 240 cm³/mol. The van der Waals surface area contributed by atoms with Crippen LogP contribution in [0.2, 0.25) is 0 Å².